The van der Waals surface area contributed by atoms with Crippen LogP contribution >= 0.6 is 0 Å². The fourth-order valence-corrected chi connectivity index (χ4v) is 2.92. The van der Waals surface area contributed by atoms with E-state index in [-0.39, 0.29) is 23.7 Å². The van der Waals surface area contributed by atoms with Crippen LogP contribution in [0.3, 0.4) is 0 Å². The molecule has 0 spiro atoms. The highest BCUT2D eigenvalue weighted by atomic mass is 16.2. The average molecular weight is 367 g/mol. The molecule has 0 unspecified atom stereocenters. The van der Waals surface area contributed by atoms with Crippen LogP contribution in [0.4, 0.5) is 11.4 Å². The van der Waals surface area contributed by atoms with Gasteiger partial charge in [-0.1, -0.05) is 45.0 Å². The third-order valence-electron chi connectivity index (χ3n) is 4.87. The molecular weight excluding hydrogens is 336 g/mol. The van der Waals surface area contributed by atoms with Crippen LogP contribution in [0.25, 0.3) is 0 Å². The summed E-state index contributed by atoms with van der Waals surface area (Å²) in [7, 11) is 0. The standard InChI is InChI=1S/C23H30N2O2/c1-16-8-7-9-21(17(16)2)24-22(27)14-15-25(18(3)26)20-12-10-19(11-13-20)23(4,5)6/h7-13H,14-15H2,1-6H3,(H,24,27). The molecule has 144 valence electrons. The largest absolute Gasteiger partial charge is 0.326 e. The lowest BCUT2D eigenvalue weighted by Crippen LogP contribution is -2.32. The zero-order chi connectivity index (χ0) is 20.2. The van der Waals surface area contributed by atoms with Crippen LogP contribution in [0.1, 0.15) is 50.8 Å². The number of carbonyl (C=O) groups is 2. The van der Waals surface area contributed by atoms with E-state index in [1.54, 1.807) is 4.90 Å². The number of aryl methyl sites for hydroxylation is 1. The summed E-state index contributed by atoms with van der Waals surface area (Å²) in [5, 5.41) is 2.95. The molecule has 0 aliphatic carbocycles. The second-order valence-electron chi connectivity index (χ2n) is 8.01. The van der Waals surface area contributed by atoms with Gasteiger partial charge in [-0.3, -0.25) is 9.59 Å². The number of hydrogen-bond donors (Lipinski definition) is 1. The molecule has 2 amide bonds. The topological polar surface area (TPSA) is 49.4 Å². The van der Waals surface area contributed by atoms with E-state index in [9.17, 15) is 9.59 Å². The van der Waals surface area contributed by atoms with Crippen molar-refractivity contribution in [2.45, 2.75) is 53.4 Å². The molecule has 0 saturated heterocycles. The Kier molecular flexibility index (Phi) is 6.42. The van der Waals surface area contributed by atoms with Gasteiger partial charge in [-0.05, 0) is 54.2 Å². The van der Waals surface area contributed by atoms with Gasteiger partial charge in [0.2, 0.25) is 11.8 Å². The van der Waals surface area contributed by atoms with Crippen molar-refractivity contribution in [3.8, 4) is 0 Å². The van der Waals surface area contributed by atoms with Gasteiger partial charge in [0.25, 0.3) is 0 Å². The molecule has 0 heterocycles. The van der Waals surface area contributed by atoms with Crippen molar-refractivity contribution >= 4 is 23.2 Å². The van der Waals surface area contributed by atoms with Crippen molar-refractivity contribution in [2.24, 2.45) is 0 Å². The molecule has 4 heteroatoms. The monoisotopic (exact) mass is 366 g/mol. The summed E-state index contributed by atoms with van der Waals surface area (Å²) in [6.45, 7) is 12.3. The average Bonchev–Trinajstić information content (AvgIpc) is 2.58. The molecule has 2 aromatic carbocycles. The Bertz CT molecular complexity index is 817. The fraction of sp³-hybridized carbons (Fsp3) is 0.391. The lowest BCUT2D eigenvalue weighted by atomic mass is 9.87. The number of anilines is 2. The third kappa shape index (κ3) is 5.43. The minimum absolute atomic E-state index is 0.0607. The Hall–Kier alpha value is -2.62. The molecule has 0 atom stereocenters. The Balaban J connectivity index is 2.05. The molecule has 0 aliphatic rings. The first-order chi connectivity index (χ1) is 12.6. The zero-order valence-corrected chi connectivity index (χ0v) is 17.2. The van der Waals surface area contributed by atoms with Crippen LogP contribution in [0, 0.1) is 13.8 Å². The molecule has 27 heavy (non-hydrogen) atoms. The first kappa shape index (κ1) is 20.7. The van der Waals surface area contributed by atoms with E-state index in [0.29, 0.717) is 6.54 Å². The minimum atomic E-state index is -0.0961. The number of amides is 2. The number of hydrogen-bond acceptors (Lipinski definition) is 2. The Morgan fingerprint density at radius 3 is 2.19 bits per heavy atom. The highest BCUT2D eigenvalue weighted by Crippen LogP contribution is 2.25. The zero-order valence-electron chi connectivity index (χ0n) is 17.2. The van der Waals surface area contributed by atoms with Crippen LogP contribution in [0.2, 0.25) is 0 Å². The summed E-state index contributed by atoms with van der Waals surface area (Å²) in [4.78, 5) is 26.1. The summed E-state index contributed by atoms with van der Waals surface area (Å²) >= 11 is 0. The van der Waals surface area contributed by atoms with Crippen molar-refractivity contribution in [3.63, 3.8) is 0 Å². The predicted molar refractivity (Wildman–Crippen MR) is 112 cm³/mol. The van der Waals surface area contributed by atoms with Crippen molar-refractivity contribution in [3.05, 3.63) is 59.2 Å². The molecule has 0 radical (unpaired) electrons. The SMILES string of the molecule is CC(=O)N(CCC(=O)Nc1cccc(C)c1C)c1ccc(C(C)(C)C)cc1. The van der Waals surface area contributed by atoms with Gasteiger partial charge in [-0.25, -0.2) is 0 Å². The van der Waals surface area contributed by atoms with E-state index >= 15 is 0 Å². The second kappa shape index (κ2) is 8.38. The van der Waals surface area contributed by atoms with Gasteiger partial charge in [0.05, 0.1) is 0 Å². The summed E-state index contributed by atoms with van der Waals surface area (Å²) < 4.78 is 0. The van der Waals surface area contributed by atoms with Gasteiger partial charge in [-0.2, -0.15) is 0 Å². The van der Waals surface area contributed by atoms with Gasteiger partial charge in [-0.15, -0.1) is 0 Å². The first-order valence-electron chi connectivity index (χ1n) is 9.34. The summed E-state index contributed by atoms with van der Waals surface area (Å²) in [5.41, 5.74) is 5.11. The van der Waals surface area contributed by atoms with Gasteiger partial charge in [0.1, 0.15) is 0 Å². The lowest BCUT2D eigenvalue weighted by molar-refractivity contribution is -0.117. The maximum Gasteiger partial charge on any atom is 0.226 e. The molecule has 0 saturated carbocycles. The highest BCUT2D eigenvalue weighted by Gasteiger charge is 2.17. The van der Waals surface area contributed by atoms with Crippen molar-refractivity contribution in [1.29, 1.82) is 0 Å². The van der Waals surface area contributed by atoms with Crippen LogP contribution in [0.15, 0.2) is 42.5 Å². The maximum atomic E-state index is 12.4. The van der Waals surface area contributed by atoms with E-state index in [0.717, 1.165) is 22.5 Å². The normalized spacial score (nSPS) is 11.2. The summed E-state index contributed by atoms with van der Waals surface area (Å²) in [6, 6.07) is 13.8. The fourth-order valence-electron chi connectivity index (χ4n) is 2.92. The summed E-state index contributed by atoms with van der Waals surface area (Å²) in [6.07, 6.45) is 0.244. The number of benzene rings is 2. The van der Waals surface area contributed by atoms with Crippen LogP contribution < -0.4 is 10.2 Å². The number of nitrogens with zero attached hydrogens (tertiary/aromatic N) is 1. The molecule has 2 rings (SSSR count). The summed E-state index contributed by atoms with van der Waals surface area (Å²) in [5.74, 6) is -0.167. The molecule has 0 bridgehead atoms. The lowest BCUT2D eigenvalue weighted by Gasteiger charge is -2.24. The van der Waals surface area contributed by atoms with E-state index < -0.39 is 0 Å². The number of rotatable bonds is 5. The van der Waals surface area contributed by atoms with Crippen LogP contribution in [0.5, 0.6) is 0 Å². The van der Waals surface area contributed by atoms with Crippen LogP contribution in [-0.2, 0) is 15.0 Å². The van der Waals surface area contributed by atoms with Crippen molar-refractivity contribution in [2.75, 3.05) is 16.8 Å². The molecule has 1 N–H and O–H groups in total. The highest BCUT2D eigenvalue weighted by molar-refractivity contribution is 5.95. The van der Waals surface area contributed by atoms with E-state index in [1.807, 2.05) is 56.3 Å². The minimum Gasteiger partial charge on any atom is -0.326 e. The van der Waals surface area contributed by atoms with Crippen molar-refractivity contribution < 1.29 is 9.59 Å². The van der Waals surface area contributed by atoms with E-state index in [2.05, 4.69) is 26.1 Å². The quantitative estimate of drug-likeness (QED) is 0.811. The van der Waals surface area contributed by atoms with E-state index in [4.69, 9.17) is 0 Å². The maximum absolute atomic E-state index is 12.4. The Morgan fingerprint density at radius 2 is 1.63 bits per heavy atom. The van der Waals surface area contributed by atoms with Crippen LogP contribution in [-0.4, -0.2) is 18.4 Å². The second-order valence-corrected chi connectivity index (χ2v) is 8.01. The number of nitrogens with one attached hydrogen (secondary N) is 1. The first-order valence-corrected chi connectivity index (χ1v) is 9.34. The van der Waals surface area contributed by atoms with E-state index in [1.165, 1.54) is 12.5 Å². The van der Waals surface area contributed by atoms with Gasteiger partial charge in [0.15, 0.2) is 0 Å². The molecule has 4 nitrogen and oxygen atoms in total. The Labute approximate surface area is 162 Å². The van der Waals surface area contributed by atoms with Crippen molar-refractivity contribution in [1.82, 2.24) is 0 Å². The third-order valence-corrected chi connectivity index (χ3v) is 4.87. The molecule has 2 aromatic rings. The predicted octanol–water partition coefficient (Wildman–Crippen LogP) is 4.98. The molecule has 0 aliphatic heterocycles. The molecule has 0 aromatic heterocycles. The molecular formula is C23H30N2O2. The molecule has 0 fully saturated rings. The Morgan fingerprint density at radius 1 is 1.00 bits per heavy atom. The van der Waals surface area contributed by atoms with Gasteiger partial charge < -0.3 is 10.2 Å². The van der Waals surface area contributed by atoms with Gasteiger partial charge in [0, 0.05) is 31.3 Å². The smallest absolute Gasteiger partial charge is 0.226 e. The number of carbonyl (C=O) groups excluding carboxylic acids is 2. The van der Waals surface area contributed by atoms with Gasteiger partial charge >= 0.3 is 0 Å².